The molecule has 0 aromatic rings. The summed E-state index contributed by atoms with van der Waals surface area (Å²) in [4.78, 5) is 22.6. The van der Waals surface area contributed by atoms with Crippen LogP contribution in [0.5, 0.6) is 0 Å². The smallest absolute Gasteiger partial charge is 0.332 e. The molecule has 1 unspecified atom stereocenters. The molecule has 1 saturated carbocycles. The zero-order chi connectivity index (χ0) is 17.8. The molecule has 3 atom stereocenters. The van der Waals surface area contributed by atoms with Crippen molar-refractivity contribution in [1.29, 1.82) is 0 Å². The molecule has 0 radical (unpaired) electrons. The summed E-state index contributed by atoms with van der Waals surface area (Å²) in [5.41, 5.74) is 0. The quantitative estimate of drug-likeness (QED) is 0.383. The molecule has 4 heteroatoms. The summed E-state index contributed by atoms with van der Waals surface area (Å²) in [7, 11) is 0. The van der Waals surface area contributed by atoms with Gasteiger partial charge in [-0.3, -0.25) is 4.79 Å². The monoisotopic (exact) mass is 338 g/mol. The van der Waals surface area contributed by atoms with E-state index >= 15 is 0 Å². The van der Waals surface area contributed by atoms with Gasteiger partial charge in [-0.2, -0.15) is 0 Å². The van der Waals surface area contributed by atoms with E-state index in [0.717, 1.165) is 25.7 Å². The van der Waals surface area contributed by atoms with Crippen LogP contribution in [0.15, 0.2) is 12.2 Å². The Hall–Kier alpha value is -1.16. The predicted octanol–water partition coefficient (Wildman–Crippen LogP) is 4.50. The molecule has 1 aliphatic rings. The van der Waals surface area contributed by atoms with Crippen LogP contribution >= 0.6 is 0 Å². The van der Waals surface area contributed by atoms with Gasteiger partial charge in [0.15, 0.2) is 6.10 Å². The van der Waals surface area contributed by atoms with Crippen LogP contribution in [0.25, 0.3) is 0 Å². The summed E-state index contributed by atoms with van der Waals surface area (Å²) < 4.78 is 0. The zero-order valence-corrected chi connectivity index (χ0v) is 15.1. The number of hydrogen-bond acceptors (Lipinski definition) is 3. The second kappa shape index (κ2) is 12.2. The van der Waals surface area contributed by atoms with E-state index in [-0.39, 0.29) is 12.3 Å². The standard InChI is InChI=1S/C20H34O4/c1-2-3-4-5-6-8-11-16-14-15-18(21)17(16)12-9-7-10-13-19(22)20(23)24/h7,9,16-17,19,22H,2-6,8,10-15H2,1H3,(H,23,24)/b9-7-/t16-,17+,19?/m0/s1. The van der Waals surface area contributed by atoms with Gasteiger partial charge in [-0.25, -0.2) is 4.79 Å². The Morgan fingerprint density at radius 1 is 1.21 bits per heavy atom. The van der Waals surface area contributed by atoms with E-state index in [9.17, 15) is 14.7 Å². The highest BCUT2D eigenvalue weighted by molar-refractivity contribution is 5.83. The fraction of sp³-hybridized carbons (Fsp3) is 0.800. The van der Waals surface area contributed by atoms with Gasteiger partial charge in [0.1, 0.15) is 5.78 Å². The Kier molecular flexibility index (Phi) is 10.6. The van der Waals surface area contributed by atoms with Gasteiger partial charge in [0.2, 0.25) is 0 Å². The minimum Gasteiger partial charge on any atom is -0.479 e. The average molecular weight is 338 g/mol. The number of carbonyl (C=O) groups excluding carboxylic acids is 1. The molecule has 138 valence electrons. The van der Waals surface area contributed by atoms with Crippen LogP contribution < -0.4 is 0 Å². The summed E-state index contributed by atoms with van der Waals surface area (Å²) >= 11 is 0. The summed E-state index contributed by atoms with van der Waals surface area (Å²) in [6, 6.07) is 0. The first-order valence-corrected chi connectivity index (χ1v) is 9.64. The third-order valence-electron chi connectivity index (χ3n) is 5.12. The molecule has 0 heterocycles. The molecule has 0 amide bonds. The molecule has 0 aromatic heterocycles. The van der Waals surface area contributed by atoms with Crippen molar-refractivity contribution in [2.75, 3.05) is 0 Å². The van der Waals surface area contributed by atoms with E-state index in [4.69, 9.17) is 5.11 Å². The lowest BCUT2D eigenvalue weighted by Crippen LogP contribution is -2.18. The summed E-state index contributed by atoms with van der Waals surface area (Å²) in [6.07, 6.45) is 14.8. The lowest BCUT2D eigenvalue weighted by molar-refractivity contribution is -0.146. The number of hydrogen-bond donors (Lipinski definition) is 2. The minimum absolute atomic E-state index is 0.154. The van der Waals surface area contributed by atoms with Gasteiger partial charge >= 0.3 is 5.97 Å². The van der Waals surface area contributed by atoms with Crippen LogP contribution in [-0.2, 0) is 9.59 Å². The van der Waals surface area contributed by atoms with Crippen molar-refractivity contribution in [3.05, 3.63) is 12.2 Å². The number of unbranched alkanes of at least 4 members (excludes halogenated alkanes) is 5. The van der Waals surface area contributed by atoms with Crippen molar-refractivity contribution in [2.24, 2.45) is 11.8 Å². The van der Waals surface area contributed by atoms with Crippen molar-refractivity contribution < 1.29 is 19.8 Å². The molecular weight excluding hydrogens is 304 g/mol. The highest BCUT2D eigenvalue weighted by Crippen LogP contribution is 2.35. The first-order chi connectivity index (χ1) is 11.6. The highest BCUT2D eigenvalue weighted by Gasteiger charge is 2.32. The Bertz CT molecular complexity index is 402. The number of aliphatic hydroxyl groups is 1. The van der Waals surface area contributed by atoms with Gasteiger partial charge in [-0.15, -0.1) is 0 Å². The van der Waals surface area contributed by atoms with Crippen molar-refractivity contribution in [3.63, 3.8) is 0 Å². The van der Waals surface area contributed by atoms with E-state index in [1.165, 1.54) is 38.5 Å². The minimum atomic E-state index is -1.29. The molecule has 0 spiro atoms. The number of rotatable bonds is 13. The lowest BCUT2D eigenvalue weighted by Gasteiger charge is -2.16. The molecule has 0 aliphatic heterocycles. The number of ketones is 1. The molecule has 0 bridgehead atoms. The molecule has 0 saturated heterocycles. The van der Waals surface area contributed by atoms with Gasteiger partial charge in [0.05, 0.1) is 0 Å². The van der Waals surface area contributed by atoms with Gasteiger partial charge in [0.25, 0.3) is 0 Å². The van der Waals surface area contributed by atoms with Crippen molar-refractivity contribution >= 4 is 11.8 Å². The zero-order valence-electron chi connectivity index (χ0n) is 15.1. The van der Waals surface area contributed by atoms with Crippen LogP contribution in [0.2, 0.25) is 0 Å². The number of carboxylic acids is 1. The Labute approximate surface area is 146 Å². The number of allylic oxidation sites excluding steroid dienone is 2. The second-order valence-electron chi connectivity index (χ2n) is 7.07. The summed E-state index contributed by atoms with van der Waals surface area (Å²) in [6.45, 7) is 2.23. The third kappa shape index (κ3) is 8.09. The Morgan fingerprint density at radius 2 is 1.92 bits per heavy atom. The fourth-order valence-electron chi connectivity index (χ4n) is 3.57. The number of aliphatic carboxylic acids is 1. The topological polar surface area (TPSA) is 74.6 Å². The largest absolute Gasteiger partial charge is 0.479 e. The SMILES string of the molecule is CCCCCCCC[C@H]1CCC(=O)[C@@H]1C/C=C\CCC(O)C(=O)O. The molecule has 0 aromatic carbocycles. The van der Waals surface area contributed by atoms with E-state index in [2.05, 4.69) is 6.92 Å². The Balaban J connectivity index is 2.23. The lowest BCUT2D eigenvalue weighted by atomic mass is 9.87. The first kappa shape index (κ1) is 20.9. The Morgan fingerprint density at radius 3 is 2.62 bits per heavy atom. The van der Waals surface area contributed by atoms with E-state index < -0.39 is 12.1 Å². The summed E-state index contributed by atoms with van der Waals surface area (Å²) in [5.74, 6) is -0.103. The molecule has 4 nitrogen and oxygen atoms in total. The predicted molar refractivity (Wildman–Crippen MR) is 95.8 cm³/mol. The van der Waals surface area contributed by atoms with Gasteiger partial charge in [-0.1, -0.05) is 57.6 Å². The third-order valence-corrected chi connectivity index (χ3v) is 5.12. The fourth-order valence-corrected chi connectivity index (χ4v) is 3.57. The molecule has 1 aliphatic carbocycles. The maximum atomic E-state index is 12.1. The molecule has 24 heavy (non-hydrogen) atoms. The van der Waals surface area contributed by atoms with Crippen molar-refractivity contribution in [1.82, 2.24) is 0 Å². The van der Waals surface area contributed by atoms with Crippen LogP contribution in [0.3, 0.4) is 0 Å². The van der Waals surface area contributed by atoms with Crippen LogP contribution in [-0.4, -0.2) is 28.1 Å². The number of carbonyl (C=O) groups is 2. The number of Topliss-reactive ketones (excluding diaryl/α,β-unsaturated/α-hetero) is 1. The van der Waals surface area contributed by atoms with Crippen LogP contribution in [0.4, 0.5) is 0 Å². The average Bonchev–Trinajstić information content (AvgIpc) is 2.90. The van der Waals surface area contributed by atoms with Crippen molar-refractivity contribution in [2.45, 2.75) is 90.1 Å². The van der Waals surface area contributed by atoms with E-state index in [1.807, 2.05) is 12.2 Å². The van der Waals surface area contributed by atoms with Gasteiger partial charge < -0.3 is 10.2 Å². The summed E-state index contributed by atoms with van der Waals surface area (Å²) in [5, 5.41) is 17.8. The molecule has 1 rings (SSSR count). The number of carboxylic acid groups (broad SMARTS) is 1. The number of aliphatic hydroxyl groups excluding tert-OH is 1. The van der Waals surface area contributed by atoms with Crippen molar-refractivity contribution in [3.8, 4) is 0 Å². The maximum absolute atomic E-state index is 12.1. The van der Waals surface area contributed by atoms with E-state index in [0.29, 0.717) is 18.1 Å². The van der Waals surface area contributed by atoms with Crippen LogP contribution in [0, 0.1) is 11.8 Å². The molecule has 2 N–H and O–H groups in total. The maximum Gasteiger partial charge on any atom is 0.332 e. The second-order valence-corrected chi connectivity index (χ2v) is 7.07. The van der Waals surface area contributed by atoms with E-state index in [1.54, 1.807) is 0 Å². The van der Waals surface area contributed by atoms with Gasteiger partial charge in [-0.05, 0) is 38.0 Å². The normalized spacial score (nSPS) is 22.3. The first-order valence-electron chi connectivity index (χ1n) is 9.64. The molecule has 1 fully saturated rings. The van der Waals surface area contributed by atoms with Gasteiger partial charge in [0, 0.05) is 12.3 Å². The van der Waals surface area contributed by atoms with Crippen LogP contribution in [0.1, 0.15) is 84.0 Å². The highest BCUT2D eigenvalue weighted by atomic mass is 16.4. The molecular formula is C20H34O4.